The van der Waals surface area contributed by atoms with Crippen molar-refractivity contribution in [2.45, 2.75) is 71.8 Å². The van der Waals surface area contributed by atoms with Crippen LogP contribution in [0, 0.1) is 19.8 Å². The lowest BCUT2D eigenvalue weighted by molar-refractivity contribution is -0.145. The van der Waals surface area contributed by atoms with Crippen LogP contribution in [0.1, 0.15) is 68.1 Å². The van der Waals surface area contributed by atoms with E-state index < -0.39 is 0 Å². The van der Waals surface area contributed by atoms with Crippen LogP contribution in [0.25, 0.3) is 11.1 Å². The first kappa shape index (κ1) is 21.3. The molecule has 0 saturated heterocycles. The van der Waals surface area contributed by atoms with E-state index in [1.54, 1.807) is 0 Å². The van der Waals surface area contributed by atoms with Gasteiger partial charge in [-0.2, -0.15) is 0 Å². The van der Waals surface area contributed by atoms with Crippen LogP contribution in [-0.4, -0.2) is 11.8 Å². The lowest BCUT2D eigenvalue weighted by Crippen LogP contribution is -2.13. The normalized spacial score (nSPS) is 17.0. The second-order valence-electron chi connectivity index (χ2n) is 8.33. The highest BCUT2D eigenvalue weighted by molar-refractivity contribution is 5.81. The zero-order valence-electron chi connectivity index (χ0n) is 17.7. The van der Waals surface area contributed by atoms with E-state index in [4.69, 9.17) is 4.74 Å². The van der Waals surface area contributed by atoms with Crippen molar-refractivity contribution in [3.8, 4) is 11.1 Å². The van der Waals surface area contributed by atoms with Crippen LogP contribution in [-0.2, 0) is 20.9 Å². The molecule has 0 bridgehead atoms. The van der Waals surface area contributed by atoms with Gasteiger partial charge in [0.1, 0.15) is 12.4 Å². The molecule has 0 N–H and O–H groups in total. The van der Waals surface area contributed by atoms with Crippen LogP contribution in [0.5, 0.6) is 0 Å². The second-order valence-corrected chi connectivity index (χ2v) is 8.33. The fourth-order valence-corrected chi connectivity index (χ4v) is 4.22. The number of hydrogen-bond donors (Lipinski definition) is 0. The summed E-state index contributed by atoms with van der Waals surface area (Å²) in [6.45, 7) is 4.49. The first-order valence-electron chi connectivity index (χ1n) is 10.9. The predicted octanol–water partition coefficient (Wildman–Crippen LogP) is 6.33. The van der Waals surface area contributed by atoms with E-state index in [0.717, 1.165) is 44.1 Å². The minimum Gasteiger partial charge on any atom is -0.461 e. The van der Waals surface area contributed by atoms with Gasteiger partial charge in [-0.1, -0.05) is 60.9 Å². The maximum Gasteiger partial charge on any atom is 0.306 e. The van der Waals surface area contributed by atoms with Crippen molar-refractivity contribution >= 4 is 11.8 Å². The number of hydrogen-bond acceptors (Lipinski definition) is 3. The molecule has 1 atom stereocenters. The summed E-state index contributed by atoms with van der Waals surface area (Å²) in [6, 6.07) is 14.7. The number of carbonyl (C=O) groups is 2. The maximum atomic E-state index is 12.1. The van der Waals surface area contributed by atoms with Crippen molar-refractivity contribution in [2.24, 2.45) is 5.92 Å². The maximum absolute atomic E-state index is 12.1. The summed E-state index contributed by atoms with van der Waals surface area (Å²) in [7, 11) is 0. The summed E-state index contributed by atoms with van der Waals surface area (Å²) in [5.41, 5.74) is 5.84. The van der Waals surface area contributed by atoms with E-state index in [-0.39, 0.29) is 11.9 Å². The molecular formula is C26H32O3. The van der Waals surface area contributed by atoms with Crippen molar-refractivity contribution in [3.05, 3.63) is 59.2 Å². The Hall–Kier alpha value is -2.42. The average molecular weight is 393 g/mol. The van der Waals surface area contributed by atoms with Gasteiger partial charge in [-0.3, -0.25) is 9.59 Å². The van der Waals surface area contributed by atoms with Crippen LogP contribution < -0.4 is 0 Å². The Labute approximate surface area is 174 Å². The van der Waals surface area contributed by atoms with Gasteiger partial charge in [-0.05, 0) is 61.8 Å². The molecule has 3 nitrogen and oxygen atoms in total. The Balaban J connectivity index is 1.46. The molecule has 154 valence electrons. The third kappa shape index (κ3) is 6.28. The summed E-state index contributed by atoms with van der Waals surface area (Å²) >= 11 is 0. The Kier molecular flexibility index (Phi) is 7.62. The molecular weight excluding hydrogens is 360 g/mol. The molecule has 3 rings (SSSR count). The molecule has 0 aromatic heterocycles. The monoisotopic (exact) mass is 392 g/mol. The van der Waals surface area contributed by atoms with Gasteiger partial charge in [0.25, 0.3) is 0 Å². The first-order valence-corrected chi connectivity index (χ1v) is 10.9. The van der Waals surface area contributed by atoms with Gasteiger partial charge in [-0.15, -0.1) is 0 Å². The Bertz CT molecular complexity index is 853. The van der Waals surface area contributed by atoms with Crippen molar-refractivity contribution < 1.29 is 14.3 Å². The minimum atomic E-state index is -0.175. The van der Waals surface area contributed by atoms with Crippen LogP contribution in [0.15, 0.2) is 42.5 Å². The van der Waals surface area contributed by atoms with Gasteiger partial charge in [-0.25, -0.2) is 0 Å². The molecule has 0 amide bonds. The zero-order chi connectivity index (χ0) is 20.6. The smallest absolute Gasteiger partial charge is 0.306 e. The number of ketones is 1. The summed E-state index contributed by atoms with van der Waals surface area (Å²) < 4.78 is 5.46. The molecule has 2 aromatic rings. The van der Waals surface area contributed by atoms with Crippen LogP contribution >= 0.6 is 0 Å². The number of carbonyl (C=O) groups excluding carboxylic acids is 2. The highest BCUT2D eigenvalue weighted by atomic mass is 16.5. The van der Waals surface area contributed by atoms with Gasteiger partial charge < -0.3 is 4.74 Å². The third-order valence-electron chi connectivity index (χ3n) is 5.88. The lowest BCUT2D eigenvalue weighted by atomic mass is 9.93. The van der Waals surface area contributed by atoms with Gasteiger partial charge in [0.15, 0.2) is 0 Å². The van der Waals surface area contributed by atoms with Gasteiger partial charge in [0.2, 0.25) is 0 Å². The second kappa shape index (κ2) is 10.4. The van der Waals surface area contributed by atoms with E-state index in [2.05, 4.69) is 50.2 Å². The fourth-order valence-electron chi connectivity index (χ4n) is 4.22. The molecule has 0 spiro atoms. The van der Waals surface area contributed by atoms with Crippen molar-refractivity contribution in [2.75, 3.05) is 0 Å². The van der Waals surface area contributed by atoms with Crippen LogP contribution in [0.3, 0.4) is 0 Å². The molecule has 2 aromatic carbocycles. The third-order valence-corrected chi connectivity index (χ3v) is 5.88. The van der Waals surface area contributed by atoms with Crippen molar-refractivity contribution in [3.63, 3.8) is 0 Å². The molecule has 1 aliphatic rings. The van der Waals surface area contributed by atoms with Gasteiger partial charge >= 0.3 is 5.97 Å². The van der Waals surface area contributed by atoms with Gasteiger partial charge in [0, 0.05) is 18.8 Å². The zero-order valence-corrected chi connectivity index (χ0v) is 17.7. The molecule has 1 fully saturated rings. The summed E-state index contributed by atoms with van der Waals surface area (Å²) in [4.78, 5) is 24.2. The van der Waals surface area contributed by atoms with E-state index in [1.165, 1.54) is 22.3 Å². The predicted molar refractivity (Wildman–Crippen MR) is 117 cm³/mol. The number of esters is 1. The number of ether oxygens (including phenoxy) is 1. The quantitative estimate of drug-likeness (QED) is 0.408. The number of benzene rings is 2. The molecule has 1 aliphatic carbocycles. The molecule has 0 aliphatic heterocycles. The summed E-state index contributed by atoms with van der Waals surface area (Å²) in [5.74, 6) is 0.369. The SMILES string of the molecule is Cc1cccc(-c2ccc(COC(=O)CCCC3CCCCCC3=O)cc2C)c1. The topological polar surface area (TPSA) is 43.4 Å². The van der Waals surface area contributed by atoms with E-state index >= 15 is 0 Å². The largest absolute Gasteiger partial charge is 0.461 e. The Morgan fingerprint density at radius 3 is 2.72 bits per heavy atom. The van der Waals surface area contributed by atoms with E-state index in [1.807, 2.05) is 6.07 Å². The van der Waals surface area contributed by atoms with Crippen molar-refractivity contribution in [1.29, 1.82) is 0 Å². The Morgan fingerprint density at radius 2 is 1.93 bits per heavy atom. The molecule has 3 heteroatoms. The molecule has 0 heterocycles. The molecule has 1 unspecified atom stereocenters. The molecule has 29 heavy (non-hydrogen) atoms. The first-order chi connectivity index (χ1) is 14.0. The van der Waals surface area contributed by atoms with E-state index in [9.17, 15) is 9.59 Å². The molecule has 0 radical (unpaired) electrons. The lowest BCUT2D eigenvalue weighted by Gasteiger charge is -2.12. The highest BCUT2D eigenvalue weighted by Gasteiger charge is 2.20. The minimum absolute atomic E-state index is 0.155. The summed E-state index contributed by atoms with van der Waals surface area (Å²) in [5, 5.41) is 0. The van der Waals surface area contributed by atoms with E-state index in [0.29, 0.717) is 25.2 Å². The number of aryl methyl sites for hydroxylation is 2. The number of Topliss-reactive ketones (excluding diaryl/α,β-unsaturated/α-hetero) is 1. The Morgan fingerprint density at radius 1 is 1.07 bits per heavy atom. The van der Waals surface area contributed by atoms with Gasteiger partial charge in [0.05, 0.1) is 0 Å². The van der Waals surface area contributed by atoms with Crippen molar-refractivity contribution in [1.82, 2.24) is 0 Å². The fraction of sp³-hybridized carbons (Fsp3) is 0.462. The standard InChI is InChI=1S/C26H32O3/c1-19-8-6-11-23(16-19)24-15-14-21(17-20(24)2)18-29-26(28)13-7-10-22-9-4-3-5-12-25(22)27/h6,8,11,14-17,22H,3-5,7,9-10,12-13,18H2,1-2H3. The van der Waals surface area contributed by atoms with Crippen LogP contribution in [0.2, 0.25) is 0 Å². The average Bonchev–Trinajstić information content (AvgIpc) is 2.91. The highest BCUT2D eigenvalue weighted by Crippen LogP contribution is 2.26. The molecule has 1 saturated carbocycles. The number of rotatable bonds is 7. The van der Waals surface area contributed by atoms with Crippen LogP contribution in [0.4, 0.5) is 0 Å². The summed E-state index contributed by atoms with van der Waals surface area (Å²) in [6.07, 6.45) is 6.97.